The highest BCUT2D eigenvalue weighted by Crippen LogP contribution is 2.38. The molecule has 0 saturated carbocycles. The maximum Gasteiger partial charge on any atom is 0.137 e. The van der Waals surface area contributed by atoms with Crippen LogP contribution >= 0.6 is 0 Å². The van der Waals surface area contributed by atoms with E-state index >= 15 is 0 Å². The Labute approximate surface area is 160 Å². The number of hydrogen-bond donors (Lipinski definition) is 0. The van der Waals surface area contributed by atoms with Crippen molar-refractivity contribution in [2.45, 2.75) is 32.4 Å². The van der Waals surface area contributed by atoms with Crippen LogP contribution in [-0.2, 0) is 6.54 Å². The molecular formula is C22H26N4O. The van der Waals surface area contributed by atoms with Gasteiger partial charge in [-0.05, 0) is 43.0 Å². The third-order valence-corrected chi connectivity index (χ3v) is 5.44. The largest absolute Gasteiger partial charge is 0.496 e. The monoisotopic (exact) mass is 362 g/mol. The highest BCUT2D eigenvalue weighted by atomic mass is 16.5. The summed E-state index contributed by atoms with van der Waals surface area (Å²) in [5.74, 6) is 2.60. The molecule has 1 fully saturated rings. The minimum atomic E-state index is 0.373. The molecule has 3 aromatic rings. The lowest BCUT2D eigenvalue weighted by molar-refractivity contribution is 0.108. The maximum atomic E-state index is 5.64. The van der Waals surface area contributed by atoms with Gasteiger partial charge in [-0.25, -0.2) is 9.97 Å². The Bertz CT molecular complexity index is 860. The molecule has 4 rings (SSSR count). The summed E-state index contributed by atoms with van der Waals surface area (Å²) in [6, 6.07) is 13.0. The van der Waals surface area contributed by atoms with Gasteiger partial charge in [-0.1, -0.05) is 31.2 Å². The van der Waals surface area contributed by atoms with E-state index in [0.717, 1.165) is 37.0 Å². The van der Waals surface area contributed by atoms with Crippen LogP contribution in [0.2, 0.25) is 0 Å². The third kappa shape index (κ3) is 3.88. The molecular weight excluding hydrogens is 336 g/mol. The molecule has 1 aromatic carbocycles. The molecule has 1 saturated heterocycles. The number of likely N-dealkylation sites (tertiary alicyclic amines) is 1. The van der Waals surface area contributed by atoms with Crippen LogP contribution in [0.3, 0.4) is 0 Å². The van der Waals surface area contributed by atoms with Gasteiger partial charge in [-0.2, -0.15) is 0 Å². The Kier molecular flexibility index (Phi) is 5.21. The predicted molar refractivity (Wildman–Crippen MR) is 106 cm³/mol. The lowest BCUT2D eigenvalue weighted by atomic mass is 9.87. The fourth-order valence-electron chi connectivity index (χ4n) is 3.94. The van der Waals surface area contributed by atoms with E-state index < -0.39 is 0 Å². The summed E-state index contributed by atoms with van der Waals surface area (Å²) >= 11 is 0. The zero-order chi connectivity index (χ0) is 18.6. The van der Waals surface area contributed by atoms with Crippen LogP contribution in [-0.4, -0.2) is 33.1 Å². The molecule has 0 spiro atoms. The van der Waals surface area contributed by atoms with E-state index in [1.807, 2.05) is 23.0 Å². The molecule has 0 unspecified atom stereocenters. The molecule has 3 heterocycles. The van der Waals surface area contributed by atoms with Gasteiger partial charge in [-0.3, -0.25) is 9.47 Å². The smallest absolute Gasteiger partial charge is 0.137 e. The summed E-state index contributed by atoms with van der Waals surface area (Å²) < 4.78 is 7.56. The van der Waals surface area contributed by atoms with E-state index in [1.54, 1.807) is 19.6 Å². The predicted octanol–water partition coefficient (Wildman–Crippen LogP) is 4.25. The van der Waals surface area contributed by atoms with Crippen molar-refractivity contribution in [2.75, 3.05) is 13.7 Å². The highest BCUT2D eigenvalue weighted by Gasteiger charge is 2.29. The van der Waals surface area contributed by atoms with E-state index in [9.17, 15) is 0 Å². The van der Waals surface area contributed by atoms with Crippen LogP contribution in [0.15, 0.2) is 61.3 Å². The van der Waals surface area contributed by atoms with Gasteiger partial charge < -0.3 is 4.74 Å². The van der Waals surface area contributed by atoms with Crippen LogP contribution in [0.25, 0.3) is 5.82 Å². The Morgan fingerprint density at radius 2 is 2.07 bits per heavy atom. The van der Waals surface area contributed by atoms with Gasteiger partial charge in [0.15, 0.2) is 0 Å². The Hall–Kier alpha value is -2.66. The maximum absolute atomic E-state index is 5.64. The molecule has 0 amide bonds. The second kappa shape index (κ2) is 7.92. The van der Waals surface area contributed by atoms with Crippen molar-refractivity contribution in [1.29, 1.82) is 0 Å². The van der Waals surface area contributed by atoms with Crippen LogP contribution in [0.4, 0.5) is 0 Å². The van der Waals surface area contributed by atoms with E-state index in [1.165, 1.54) is 17.5 Å². The zero-order valence-corrected chi connectivity index (χ0v) is 16.0. The van der Waals surface area contributed by atoms with Crippen LogP contribution < -0.4 is 4.74 Å². The first-order valence-corrected chi connectivity index (χ1v) is 9.55. The van der Waals surface area contributed by atoms with E-state index in [-0.39, 0.29) is 0 Å². The van der Waals surface area contributed by atoms with Crippen molar-refractivity contribution in [2.24, 2.45) is 5.92 Å². The number of pyridine rings is 1. The number of aromatic nitrogens is 3. The van der Waals surface area contributed by atoms with Gasteiger partial charge in [0.2, 0.25) is 0 Å². The standard InChI is InChI=1S/C22H26N4O/c1-17-9-11-25(20(13-17)19-5-3-4-6-21(19)27-2)15-18-7-8-22(24-14-18)26-12-10-23-16-26/h3-8,10,12,14,16-17,20H,9,11,13,15H2,1-2H3/t17-,20+/m0/s1. The Morgan fingerprint density at radius 3 is 2.81 bits per heavy atom. The van der Waals surface area contributed by atoms with Crippen LogP contribution in [0.1, 0.15) is 36.9 Å². The quantitative estimate of drug-likeness (QED) is 0.681. The summed E-state index contributed by atoms with van der Waals surface area (Å²) in [4.78, 5) is 11.3. The Morgan fingerprint density at radius 1 is 1.19 bits per heavy atom. The Balaban J connectivity index is 1.55. The first-order chi connectivity index (χ1) is 13.2. The molecule has 0 radical (unpaired) electrons. The number of methoxy groups -OCH3 is 1. The number of hydrogen-bond acceptors (Lipinski definition) is 4. The first kappa shape index (κ1) is 17.7. The van der Waals surface area contributed by atoms with Gasteiger partial charge >= 0.3 is 0 Å². The first-order valence-electron chi connectivity index (χ1n) is 9.55. The molecule has 2 atom stereocenters. The van der Waals surface area contributed by atoms with Gasteiger partial charge in [0.25, 0.3) is 0 Å². The van der Waals surface area contributed by atoms with Gasteiger partial charge in [0.05, 0.1) is 7.11 Å². The molecule has 27 heavy (non-hydrogen) atoms. The number of ether oxygens (including phenoxy) is 1. The molecule has 0 N–H and O–H groups in total. The lowest BCUT2D eigenvalue weighted by Crippen LogP contribution is -2.36. The minimum absolute atomic E-state index is 0.373. The summed E-state index contributed by atoms with van der Waals surface area (Å²) in [6.45, 7) is 4.33. The average Bonchev–Trinajstić information content (AvgIpc) is 3.25. The van der Waals surface area contributed by atoms with Crippen molar-refractivity contribution >= 4 is 0 Å². The second-order valence-electron chi connectivity index (χ2n) is 7.35. The summed E-state index contributed by atoms with van der Waals surface area (Å²) in [7, 11) is 1.76. The van der Waals surface area contributed by atoms with E-state index in [2.05, 4.69) is 52.1 Å². The van der Waals surface area contributed by atoms with Crippen molar-refractivity contribution in [3.63, 3.8) is 0 Å². The number of para-hydroxylation sites is 1. The number of benzene rings is 1. The molecule has 140 valence electrons. The minimum Gasteiger partial charge on any atom is -0.496 e. The van der Waals surface area contributed by atoms with Gasteiger partial charge in [0, 0.05) is 36.7 Å². The fraction of sp³-hybridized carbons (Fsp3) is 0.364. The third-order valence-electron chi connectivity index (χ3n) is 5.44. The number of nitrogens with zero attached hydrogens (tertiary/aromatic N) is 4. The normalized spacial score (nSPS) is 20.5. The van der Waals surface area contributed by atoms with Crippen molar-refractivity contribution in [3.05, 3.63) is 72.4 Å². The van der Waals surface area contributed by atoms with Crippen LogP contribution in [0.5, 0.6) is 5.75 Å². The van der Waals surface area contributed by atoms with Gasteiger partial charge in [-0.15, -0.1) is 0 Å². The SMILES string of the molecule is COc1ccccc1[C@H]1C[C@@H](C)CCN1Cc1ccc(-n2ccnc2)nc1. The lowest BCUT2D eigenvalue weighted by Gasteiger charge is -2.39. The van der Waals surface area contributed by atoms with Crippen molar-refractivity contribution < 1.29 is 4.74 Å². The molecule has 0 bridgehead atoms. The van der Waals surface area contributed by atoms with Gasteiger partial charge in [0.1, 0.15) is 17.9 Å². The molecule has 5 heteroatoms. The van der Waals surface area contributed by atoms with Crippen molar-refractivity contribution in [1.82, 2.24) is 19.4 Å². The molecule has 2 aromatic heterocycles. The number of rotatable bonds is 5. The summed E-state index contributed by atoms with van der Waals surface area (Å²) in [5, 5.41) is 0. The summed E-state index contributed by atoms with van der Waals surface area (Å²) in [6.07, 6.45) is 9.81. The summed E-state index contributed by atoms with van der Waals surface area (Å²) in [5.41, 5.74) is 2.52. The molecule has 0 aliphatic carbocycles. The highest BCUT2D eigenvalue weighted by molar-refractivity contribution is 5.36. The molecule has 1 aliphatic heterocycles. The molecule has 5 nitrogen and oxygen atoms in total. The number of piperidine rings is 1. The average molecular weight is 362 g/mol. The fourth-order valence-corrected chi connectivity index (χ4v) is 3.94. The second-order valence-corrected chi connectivity index (χ2v) is 7.35. The van der Waals surface area contributed by atoms with E-state index in [0.29, 0.717) is 6.04 Å². The molecule has 1 aliphatic rings. The number of imidazole rings is 1. The van der Waals surface area contributed by atoms with Crippen molar-refractivity contribution in [3.8, 4) is 11.6 Å². The zero-order valence-electron chi connectivity index (χ0n) is 16.0. The topological polar surface area (TPSA) is 43.2 Å². The van der Waals surface area contributed by atoms with E-state index in [4.69, 9.17) is 4.74 Å². The van der Waals surface area contributed by atoms with Crippen LogP contribution in [0, 0.1) is 5.92 Å².